The number of hydrogen-bond donors (Lipinski definition) is 3. The predicted molar refractivity (Wildman–Crippen MR) is 156 cm³/mol. The van der Waals surface area contributed by atoms with Crippen molar-refractivity contribution in [3.8, 4) is 11.4 Å². The minimum Gasteiger partial charge on any atom is -0.465 e. The van der Waals surface area contributed by atoms with Crippen LogP contribution in [0.3, 0.4) is 0 Å². The summed E-state index contributed by atoms with van der Waals surface area (Å²) in [6.45, 7) is 2.06. The number of nitrogens with zero attached hydrogens (tertiary/aromatic N) is 4. The van der Waals surface area contributed by atoms with Gasteiger partial charge in [0.1, 0.15) is 0 Å². The molecule has 2 heterocycles. The molecule has 13 nitrogen and oxygen atoms in total. The number of rotatable bonds is 8. The molecule has 2 amide bonds. The van der Waals surface area contributed by atoms with E-state index in [1.807, 2.05) is 4.90 Å². The van der Waals surface area contributed by atoms with Crippen LogP contribution in [0.2, 0.25) is 0 Å². The van der Waals surface area contributed by atoms with Crippen molar-refractivity contribution in [2.45, 2.75) is 4.90 Å². The molecule has 1 aliphatic heterocycles. The average molecular weight is 590 g/mol. The monoisotopic (exact) mass is 589 g/mol. The molecule has 0 radical (unpaired) electrons. The Morgan fingerprint density at radius 1 is 0.833 bits per heavy atom. The third-order valence-corrected chi connectivity index (χ3v) is 7.51. The molecule has 0 bridgehead atoms. The number of anilines is 4. The number of carbonyl (C=O) groups excluding carboxylic acids is 2. The molecule has 14 heteroatoms. The number of morpholine rings is 1. The van der Waals surface area contributed by atoms with Crippen LogP contribution in [0.4, 0.5) is 28.1 Å². The second kappa shape index (κ2) is 12.6. The van der Waals surface area contributed by atoms with Crippen LogP contribution >= 0.6 is 0 Å². The molecule has 3 N–H and O–H groups in total. The SMILES string of the molecule is COC(=O)c1ccc(NC(=O)Nc2ccc(-c3nc(NS(=O)(=O)c4ccccc4)nc(N4CCOCC4)n3)cc2)cc1. The standard InChI is InChI=1S/C28H27N7O6S/c1-40-25(36)20-9-13-22(14-10-20)30-28(37)29-21-11-7-19(8-12-21)24-31-26(33-27(32-24)35-15-17-41-18-16-35)34-42(38,39)23-5-3-2-4-6-23/h2-14H,15-18H2,1H3,(H2,29,30,37)(H,31,32,33,34). The molecule has 0 spiro atoms. The highest BCUT2D eigenvalue weighted by Crippen LogP contribution is 2.24. The van der Waals surface area contributed by atoms with Gasteiger partial charge in [0, 0.05) is 30.0 Å². The van der Waals surface area contributed by atoms with Crippen LogP contribution in [0.15, 0.2) is 83.8 Å². The molecule has 3 aromatic carbocycles. The summed E-state index contributed by atoms with van der Waals surface area (Å²) >= 11 is 0. The van der Waals surface area contributed by atoms with Gasteiger partial charge in [0.25, 0.3) is 10.0 Å². The number of amides is 2. The summed E-state index contributed by atoms with van der Waals surface area (Å²) in [7, 11) is -2.64. The van der Waals surface area contributed by atoms with Crippen LogP contribution in [-0.2, 0) is 19.5 Å². The van der Waals surface area contributed by atoms with E-state index in [0.717, 1.165) is 0 Å². The van der Waals surface area contributed by atoms with Crippen molar-refractivity contribution in [2.24, 2.45) is 0 Å². The van der Waals surface area contributed by atoms with Crippen molar-refractivity contribution < 1.29 is 27.5 Å². The Labute approximate surface area is 242 Å². The van der Waals surface area contributed by atoms with Gasteiger partial charge in [0.2, 0.25) is 11.9 Å². The number of hydrogen-bond acceptors (Lipinski definition) is 10. The number of aromatic nitrogens is 3. The molecule has 42 heavy (non-hydrogen) atoms. The maximum absolute atomic E-state index is 13.0. The van der Waals surface area contributed by atoms with Gasteiger partial charge in [-0.3, -0.25) is 0 Å². The number of esters is 1. The number of carbonyl (C=O) groups is 2. The van der Waals surface area contributed by atoms with Crippen molar-refractivity contribution in [3.63, 3.8) is 0 Å². The van der Waals surface area contributed by atoms with E-state index in [0.29, 0.717) is 54.8 Å². The first-order chi connectivity index (χ1) is 20.3. The highest BCUT2D eigenvalue weighted by molar-refractivity contribution is 7.92. The summed E-state index contributed by atoms with van der Waals surface area (Å²) in [5.41, 5.74) is 1.93. The van der Waals surface area contributed by atoms with Crippen molar-refractivity contribution in [1.82, 2.24) is 15.0 Å². The predicted octanol–water partition coefficient (Wildman–Crippen LogP) is 3.61. The van der Waals surface area contributed by atoms with Crippen LogP contribution in [0.1, 0.15) is 10.4 Å². The Morgan fingerprint density at radius 3 is 2.07 bits per heavy atom. The largest absolute Gasteiger partial charge is 0.465 e. The van der Waals surface area contributed by atoms with Gasteiger partial charge in [0.05, 0.1) is 30.8 Å². The molecule has 1 saturated heterocycles. The highest BCUT2D eigenvalue weighted by atomic mass is 32.2. The van der Waals surface area contributed by atoms with E-state index in [1.165, 1.54) is 19.2 Å². The summed E-state index contributed by atoms with van der Waals surface area (Å²) in [6, 6.07) is 20.5. The summed E-state index contributed by atoms with van der Waals surface area (Å²) in [5, 5.41) is 5.42. The van der Waals surface area contributed by atoms with Crippen LogP contribution in [-0.4, -0.2) is 68.8 Å². The van der Waals surface area contributed by atoms with Crippen LogP contribution < -0.4 is 20.3 Å². The number of methoxy groups -OCH3 is 1. The third kappa shape index (κ3) is 6.97. The fourth-order valence-corrected chi connectivity index (χ4v) is 4.99. The number of nitrogens with one attached hydrogen (secondary N) is 3. The second-order valence-electron chi connectivity index (χ2n) is 9.03. The second-order valence-corrected chi connectivity index (χ2v) is 10.7. The molecule has 0 atom stereocenters. The topological polar surface area (TPSA) is 165 Å². The van der Waals surface area contributed by atoms with Gasteiger partial charge >= 0.3 is 12.0 Å². The van der Waals surface area contributed by atoms with E-state index in [9.17, 15) is 18.0 Å². The molecule has 1 fully saturated rings. The maximum Gasteiger partial charge on any atom is 0.337 e. The van der Waals surface area contributed by atoms with Gasteiger partial charge in [-0.1, -0.05) is 18.2 Å². The molecule has 216 valence electrons. The molecule has 1 aliphatic rings. The number of benzene rings is 3. The molecule has 4 aromatic rings. The molecule has 0 unspecified atom stereocenters. The lowest BCUT2D eigenvalue weighted by Crippen LogP contribution is -2.37. The first kappa shape index (κ1) is 28.4. The quantitative estimate of drug-likeness (QED) is 0.259. The van der Waals surface area contributed by atoms with E-state index in [1.54, 1.807) is 66.7 Å². The van der Waals surface area contributed by atoms with E-state index in [4.69, 9.17) is 4.74 Å². The average Bonchev–Trinajstić information content (AvgIpc) is 3.02. The van der Waals surface area contributed by atoms with Gasteiger partial charge < -0.3 is 25.0 Å². The Kier molecular flexibility index (Phi) is 8.55. The summed E-state index contributed by atoms with van der Waals surface area (Å²) in [6.07, 6.45) is 0. The zero-order chi connectivity index (χ0) is 29.5. The maximum atomic E-state index is 13.0. The highest BCUT2D eigenvalue weighted by Gasteiger charge is 2.21. The Balaban J connectivity index is 1.34. The lowest BCUT2D eigenvalue weighted by Gasteiger charge is -2.27. The fraction of sp³-hybridized carbons (Fsp3) is 0.179. The molecule has 0 saturated carbocycles. The summed E-state index contributed by atoms with van der Waals surface area (Å²) in [4.78, 5) is 39.4. The minimum absolute atomic E-state index is 0.0768. The zero-order valence-corrected chi connectivity index (χ0v) is 23.3. The van der Waals surface area contributed by atoms with E-state index in [2.05, 4.69) is 35.0 Å². The Morgan fingerprint density at radius 2 is 1.45 bits per heavy atom. The van der Waals surface area contributed by atoms with E-state index < -0.39 is 22.0 Å². The Hall–Kier alpha value is -5.08. The van der Waals surface area contributed by atoms with Crippen LogP contribution in [0.5, 0.6) is 0 Å². The fourth-order valence-electron chi connectivity index (χ4n) is 4.03. The normalized spacial score (nSPS) is 13.2. The Bertz CT molecular complexity index is 1660. The molecular formula is C28H27N7O6S. The molecular weight excluding hydrogens is 562 g/mol. The zero-order valence-electron chi connectivity index (χ0n) is 22.5. The van der Waals surface area contributed by atoms with Crippen molar-refractivity contribution in [3.05, 3.63) is 84.4 Å². The first-order valence-electron chi connectivity index (χ1n) is 12.8. The summed E-state index contributed by atoms with van der Waals surface area (Å²) in [5.74, 6) is -0.0278. The van der Waals surface area contributed by atoms with Crippen LogP contribution in [0.25, 0.3) is 11.4 Å². The lowest BCUT2D eigenvalue weighted by molar-refractivity contribution is 0.0600. The van der Waals surface area contributed by atoms with E-state index >= 15 is 0 Å². The molecule has 1 aromatic heterocycles. The third-order valence-electron chi connectivity index (χ3n) is 6.16. The number of sulfonamides is 1. The number of urea groups is 1. The van der Waals surface area contributed by atoms with E-state index in [-0.39, 0.29) is 16.7 Å². The van der Waals surface area contributed by atoms with Crippen LogP contribution in [0, 0.1) is 0 Å². The molecule has 0 aliphatic carbocycles. The van der Waals surface area contributed by atoms with Crippen molar-refractivity contribution >= 4 is 45.3 Å². The minimum atomic E-state index is -3.94. The first-order valence-corrected chi connectivity index (χ1v) is 14.3. The smallest absolute Gasteiger partial charge is 0.337 e. The number of ether oxygens (including phenoxy) is 2. The van der Waals surface area contributed by atoms with Gasteiger partial charge in [-0.15, -0.1) is 0 Å². The van der Waals surface area contributed by atoms with Crippen molar-refractivity contribution in [1.29, 1.82) is 0 Å². The van der Waals surface area contributed by atoms with Gasteiger partial charge in [-0.25, -0.2) is 22.7 Å². The summed E-state index contributed by atoms with van der Waals surface area (Å²) < 4.78 is 38.5. The molecule has 5 rings (SSSR count). The lowest BCUT2D eigenvalue weighted by atomic mass is 10.2. The van der Waals surface area contributed by atoms with Gasteiger partial charge in [-0.2, -0.15) is 15.0 Å². The van der Waals surface area contributed by atoms with Gasteiger partial charge in [-0.05, 0) is 60.7 Å². The van der Waals surface area contributed by atoms with Crippen molar-refractivity contribution in [2.75, 3.05) is 53.7 Å². The van der Waals surface area contributed by atoms with Gasteiger partial charge in [0.15, 0.2) is 5.82 Å².